The van der Waals surface area contributed by atoms with E-state index in [-0.39, 0.29) is 36.3 Å². The first-order valence-electron chi connectivity index (χ1n) is 14.9. The molecule has 12 heteroatoms. The number of halogens is 1. The second kappa shape index (κ2) is 17.4. The van der Waals surface area contributed by atoms with E-state index in [1.807, 2.05) is 66.7 Å². The molecule has 0 aliphatic carbocycles. The monoisotopic (exact) mass is 670 g/mol. The van der Waals surface area contributed by atoms with E-state index in [9.17, 15) is 24.3 Å². The third-order valence-corrected chi connectivity index (χ3v) is 9.70. The Kier molecular flexibility index (Phi) is 13.4. The Bertz CT molecular complexity index is 1470. The first kappa shape index (κ1) is 34.6. The van der Waals surface area contributed by atoms with Gasteiger partial charge in [-0.2, -0.15) is 11.8 Å². The van der Waals surface area contributed by atoms with Crippen LogP contribution >= 0.6 is 35.1 Å². The molecule has 4 rings (SSSR count). The first-order valence-corrected chi connectivity index (χ1v) is 17.6. The van der Waals surface area contributed by atoms with Crippen LogP contribution in [0.2, 0.25) is 5.02 Å². The van der Waals surface area contributed by atoms with Gasteiger partial charge < -0.3 is 26.4 Å². The fourth-order valence-electron chi connectivity index (χ4n) is 5.31. The van der Waals surface area contributed by atoms with Crippen LogP contribution in [0.15, 0.2) is 66.7 Å². The normalized spacial score (nSPS) is 16.1. The van der Waals surface area contributed by atoms with Gasteiger partial charge in [0.2, 0.25) is 23.6 Å². The molecule has 3 aromatic rings. The second-order valence-corrected chi connectivity index (χ2v) is 13.5. The molecule has 45 heavy (non-hydrogen) atoms. The van der Waals surface area contributed by atoms with Crippen molar-refractivity contribution in [1.29, 1.82) is 0 Å². The highest BCUT2D eigenvalue weighted by atomic mass is 35.5. The van der Waals surface area contributed by atoms with Gasteiger partial charge in [-0.05, 0) is 53.3 Å². The SMILES string of the molecule is NC(=O)[C@H](Cc1ccc2ccccc2c1)NC(=O)[C@@H]1CCCCN1C(=O)[C@H](CSCO)NC(=O)CCSCc1ccc(Cl)cc1. The number of aliphatic hydroxyl groups excluding tert-OH is 1. The van der Waals surface area contributed by atoms with E-state index in [1.54, 1.807) is 11.8 Å². The molecule has 3 aromatic carbocycles. The molecule has 1 aliphatic rings. The molecule has 0 spiro atoms. The minimum atomic E-state index is -0.955. The van der Waals surface area contributed by atoms with Crippen molar-refractivity contribution in [3.63, 3.8) is 0 Å². The van der Waals surface area contributed by atoms with Crippen LogP contribution in [0.1, 0.15) is 36.8 Å². The number of nitrogens with one attached hydrogen (secondary N) is 2. The number of primary amides is 1. The zero-order valence-electron chi connectivity index (χ0n) is 25.0. The van der Waals surface area contributed by atoms with Crippen molar-refractivity contribution < 1.29 is 24.3 Å². The number of benzene rings is 3. The number of nitrogens with two attached hydrogens (primary N) is 1. The van der Waals surface area contributed by atoms with Crippen LogP contribution in [0.3, 0.4) is 0 Å². The summed E-state index contributed by atoms with van der Waals surface area (Å²) in [5.74, 6) is -0.547. The first-order chi connectivity index (χ1) is 21.7. The third kappa shape index (κ3) is 10.4. The van der Waals surface area contributed by atoms with Crippen molar-refractivity contribution >= 4 is 69.5 Å². The van der Waals surface area contributed by atoms with Gasteiger partial charge in [0.05, 0.1) is 5.94 Å². The van der Waals surface area contributed by atoms with E-state index in [0.29, 0.717) is 30.2 Å². The van der Waals surface area contributed by atoms with Crippen LogP contribution in [0, 0.1) is 0 Å². The number of amides is 4. The predicted octanol–water partition coefficient (Wildman–Crippen LogP) is 3.88. The van der Waals surface area contributed by atoms with E-state index in [4.69, 9.17) is 17.3 Å². The largest absolute Gasteiger partial charge is 0.386 e. The summed E-state index contributed by atoms with van der Waals surface area (Å²) in [6.45, 7) is 0.343. The molecule has 1 aliphatic heterocycles. The smallest absolute Gasteiger partial charge is 0.246 e. The minimum Gasteiger partial charge on any atom is -0.386 e. The average molecular weight is 671 g/mol. The number of likely N-dealkylation sites (tertiary alicyclic amines) is 1. The molecular formula is C33H39ClN4O5S2. The van der Waals surface area contributed by atoms with Crippen LogP contribution in [-0.4, -0.2) is 75.8 Å². The van der Waals surface area contributed by atoms with E-state index < -0.39 is 29.9 Å². The summed E-state index contributed by atoms with van der Waals surface area (Å²) in [5.41, 5.74) is 7.65. The van der Waals surface area contributed by atoms with Gasteiger partial charge in [-0.25, -0.2) is 0 Å². The van der Waals surface area contributed by atoms with Crippen LogP contribution in [0.25, 0.3) is 10.8 Å². The number of rotatable bonds is 15. The zero-order chi connectivity index (χ0) is 32.2. The number of carbonyl (C=O) groups excluding carboxylic acids is 4. The van der Waals surface area contributed by atoms with Gasteiger partial charge in [-0.1, -0.05) is 66.2 Å². The lowest BCUT2D eigenvalue weighted by Crippen LogP contribution is -2.60. The highest BCUT2D eigenvalue weighted by Gasteiger charge is 2.37. The maximum Gasteiger partial charge on any atom is 0.246 e. The maximum atomic E-state index is 13.8. The molecule has 4 amide bonds. The predicted molar refractivity (Wildman–Crippen MR) is 182 cm³/mol. The topological polar surface area (TPSA) is 142 Å². The van der Waals surface area contributed by atoms with E-state index >= 15 is 0 Å². The number of hydrogen-bond acceptors (Lipinski definition) is 7. The molecule has 0 unspecified atom stereocenters. The summed E-state index contributed by atoms with van der Waals surface area (Å²) in [5, 5.41) is 17.8. The van der Waals surface area contributed by atoms with Crippen molar-refractivity contribution in [2.45, 2.75) is 56.0 Å². The van der Waals surface area contributed by atoms with E-state index in [1.165, 1.54) is 4.90 Å². The summed E-state index contributed by atoms with van der Waals surface area (Å²) in [7, 11) is 0. The van der Waals surface area contributed by atoms with Crippen LogP contribution in [-0.2, 0) is 31.4 Å². The molecule has 3 atom stereocenters. The van der Waals surface area contributed by atoms with Crippen molar-refractivity contribution in [3.8, 4) is 0 Å². The van der Waals surface area contributed by atoms with Gasteiger partial charge in [0.15, 0.2) is 0 Å². The maximum absolute atomic E-state index is 13.8. The van der Waals surface area contributed by atoms with Crippen LogP contribution in [0.4, 0.5) is 0 Å². The second-order valence-electron chi connectivity index (χ2n) is 10.9. The Balaban J connectivity index is 1.36. The van der Waals surface area contributed by atoms with Crippen molar-refractivity contribution in [2.75, 3.05) is 24.0 Å². The lowest BCUT2D eigenvalue weighted by atomic mass is 9.98. The van der Waals surface area contributed by atoms with Gasteiger partial charge >= 0.3 is 0 Å². The molecule has 5 N–H and O–H groups in total. The molecule has 240 valence electrons. The number of hydrogen-bond donors (Lipinski definition) is 4. The summed E-state index contributed by atoms with van der Waals surface area (Å²) in [6, 6.07) is 18.6. The van der Waals surface area contributed by atoms with E-state index in [2.05, 4.69) is 10.6 Å². The van der Waals surface area contributed by atoms with E-state index in [0.717, 1.165) is 45.8 Å². The number of carbonyl (C=O) groups is 4. The summed E-state index contributed by atoms with van der Waals surface area (Å²) in [6.07, 6.45) is 2.30. The Hall–Kier alpha value is -3.25. The molecule has 0 radical (unpaired) electrons. The average Bonchev–Trinajstić information content (AvgIpc) is 3.05. The molecule has 1 saturated heterocycles. The number of fused-ring (bicyclic) bond motifs is 1. The van der Waals surface area contributed by atoms with Crippen LogP contribution in [0.5, 0.6) is 0 Å². The summed E-state index contributed by atoms with van der Waals surface area (Å²) >= 11 is 8.66. The fraction of sp³-hybridized carbons (Fsp3) is 0.394. The number of piperidine rings is 1. The number of thioether (sulfide) groups is 2. The zero-order valence-corrected chi connectivity index (χ0v) is 27.3. The van der Waals surface area contributed by atoms with Crippen LogP contribution < -0.4 is 16.4 Å². The molecule has 1 heterocycles. The molecule has 1 fully saturated rings. The highest BCUT2D eigenvalue weighted by Crippen LogP contribution is 2.21. The Morgan fingerprint density at radius 3 is 2.40 bits per heavy atom. The lowest BCUT2D eigenvalue weighted by molar-refractivity contribution is -0.145. The Morgan fingerprint density at radius 2 is 1.67 bits per heavy atom. The van der Waals surface area contributed by atoms with Crippen molar-refractivity contribution in [3.05, 3.63) is 82.9 Å². The van der Waals surface area contributed by atoms with Gasteiger partial charge in [0, 0.05) is 41.7 Å². The quantitative estimate of drug-likeness (QED) is 0.142. The number of aliphatic hydroxyl groups is 1. The summed E-state index contributed by atoms with van der Waals surface area (Å²) < 4.78 is 0. The lowest BCUT2D eigenvalue weighted by Gasteiger charge is -2.37. The highest BCUT2D eigenvalue weighted by molar-refractivity contribution is 7.99. The fourth-order valence-corrected chi connectivity index (χ4v) is 6.90. The molecule has 0 saturated carbocycles. The third-order valence-electron chi connectivity index (χ3n) is 7.67. The molecule has 0 aromatic heterocycles. The van der Waals surface area contributed by atoms with Crippen molar-refractivity contribution in [1.82, 2.24) is 15.5 Å². The molecule has 0 bridgehead atoms. The van der Waals surface area contributed by atoms with Gasteiger partial charge in [0.1, 0.15) is 18.1 Å². The number of nitrogens with zero attached hydrogens (tertiary/aromatic N) is 1. The van der Waals surface area contributed by atoms with Gasteiger partial charge in [-0.15, -0.1) is 11.8 Å². The van der Waals surface area contributed by atoms with Gasteiger partial charge in [0.25, 0.3) is 0 Å². The molecular weight excluding hydrogens is 632 g/mol. The standard InChI is InChI=1S/C33H39ClN4O5S2/c34-26-12-9-22(10-13-26)19-44-16-14-30(40)36-28(20-45-21-39)33(43)38-15-4-3-7-29(38)32(42)37-27(31(35)41)18-23-8-11-24-5-1-2-6-25(24)17-23/h1-2,5-6,8-13,17,27-29,39H,3-4,7,14-16,18-21H2,(H2,35,41)(H,36,40)(H,37,42)/t27-,28-,29-/m0/s1. The minimum absolute atomic E-state index is 0.162. The Morgan fingerprint density at radius 1 is 0.933 bits per heavy atom. The van der Waals surface area contributed by atoms with Crippen molar-refractivity contribution in [2.24, 2.45) is 5.73 Å². The Labute approximate surface area is 277 Å². The summed E-state index contributed by atoms with van der Waals surface area (Å²) in [4.78, 5) is 54.0. The molecule has 9 nitrogen and oxygen atoms in total. The van der Waals surface area contributed by atoms with Gasteiger partial charge in [-0.3, -0.25) is 19.2 Å².